The molecule has 0 saturated heterocycles. The van der Waals surface area contributed by atoms with Crippen molar-refractivity contribution in [1.82, 2.24) is 10.6 Å². The zero-order chi connectivity index (χ0) is 9.10. The molecule has 2 N–H and O–H groups in total. The molecule has 70 valence electrons. The first-order valence-electron chi connectivity index (χ1n) is 4.44. The fraction of sp³-hybridized carbons (Fsp3) is 0.444. The Morgan fingerprint density at radius 2 is 2.62 bits per heavy atom. The quantitative estimate of drug-likeness (QED) is 0.747. The van der Waals surface area contributed by atoms with Crippen LogP contribution in [-0.4, -0.2) is 19.0 Å². The SMILES string of the molecule is CC(NC1=NCCN1)c1cccs1. The van der Waals surface area contributed by atoms with Crippen molar-refractivity contribution in [3.8, 4) is 0 Å². The van der Waals surface area contributed by atoms with E-state index in [0.717, 1.165) is 19.0 Å². The minimum Gasteiger partial charge on any atom is -0.355 e. The van der Waals surface area contributed by atoms with Crippen LogP contribution < -0.4 is 10.6 Å². The number of rotatable bonds is 2. The van der Waals surface area contributed by atoms with E-state index in [2.05, 4.69) is 40.1 Å². The second kappa shape index (κ2) is 3.79. The van der Waals surface area contributed by atoms with Gasteiger partial charge in [0.1, 0.15) is 0 Å². The Hall–Kier alpha value is -1.03. The van der Waals surface area contributed by atoms with Crippen molar-refractivity contribution in [2.24, 2.45) is 4.99 Å². The van der Waals surface area contributed by atoms with Gasteiger partial charge in [-0.2, -0.15) is 0 Å². The molecule has 1 aromatic rings. The maximum atomic E-state index is 4.28. The third-order valence-electron chi connectivity index (χ3n) is 2.00. The predicted octanol–water partition coefficient (Wildman–Crippen LogP) is 1.36. The van der Waals surface area contributed by atoms with Crippen molar-refractivity contribution in [3.05, 3.63) is 22.4 Å². The van der Waals surface area contributed by atoms with Crippen molar-refractivity contribution in [1.29, 1.82) is 0 Å². The lowest BCUT2D eigenvalue weighted by atomic mass is 10.3. The smallest absolute Gasteiger partial charge is 0.191 e. The first kappa shape index (κ1) is 8.56. The summed E-state index contributed by atoms with van der Waals surface area (Å²) in [6.07, 6.45) is 0. The highest BCUT2D eigenvalue weighted by Crippen LogP contribution is 2.17. The monoisotopic (exact) mass is 195 g/mol. The normalized spacial score (nSPS) is 17.8. The first-order valence-corrected chi connectivity index (χ1v) is 5.32. The number of aliphatic imine (C=N–C) groups is 1. The van der Waals surface area contributed by atoms with Gasteiger partial charge in [-0.15, -0.1) is 11.3 Å². The molecular formula is C9H13N3S. The van der Waals surface area contributed by atoms with Gasteiger partial charge in [0.2, 0.25) is 0 Å². The van der Waals surface area contributed by atoms with Crippen molar-refractivity contribution in [2.45, 2.75) is 13.0 Å². The number of nitrogens with zero attached hydrogens (tertiary/aromatic N) is 1. The standard InChI is InChI=1S/C9H13N3S/c1-7(8-3-2-6-13-8)12-9-10-4-5-11-9/h2-3,6-7H,4-5H2,1H3,(H2,10,11,12). The minimum absolute atomic E-state index is 0.351. The molecule has 2 rings (SSSR count). The fourth-order valence-electron chi connectivity index (χ4n) is 1.31. The van der Waals surface area contributed by atoms with Crippen LogP contribution in [-0.2, 0) is 0 Å². The largest absolute Gasteiger partial charge is 0.355 e. The Bertz CT molecular complexity index is 292. The zero-order valence-corrected chi connectivity index (χ0v) is 8.40. The molecule has 0 amide bonds. The van der Waals surface area contributed by atoms with Gasteiger partial charge in [0.25, 0.3) is 0 Å². The summed E-state index contributed by atoms with van der Waals surface area (Å²) in [6, 6.07) is 4.56. The summed E-state index contributed by atoms with van der Waals surface area (Å²) < 4.78 is 0. The number of hydrogen-bond donors (Lipinski definition) is 2. The fourth-order valence-corrected chi connectivity index (χ4v) is 2.04. The average molecular weight is 195 g/mol. The van der Waals surface area contributed by atoms with Gasteiger partial charge in [-0.1, -0.05) is 6.07 Å². The van der Waals surface area contributed by atoms with Gasteiger partial charge >= 0.3 is 0 Å². The molecular weight excluding hydrogens is 182 g/mol. The van der Waals surface area contributed by atoms with Crippen LogP contribution >= 0.6 is 11.3 Å². The van der Waals surface area contributed by atoms with E-state index in [0.29, 0.717) is 6.04 Å². The van der Waals surface area contributed by atoms with E-state index in [4.69, 9.17) is 0 Å². The van der Waals surface area contributed by atoms with Gasteiger partial charge in [0.15, 0.2) is 5.96 Å². The van der Waals surface area contributed by atoms with Gasteiger partial charge in [0, 0.05) is 11.4 Å². The molecule has 1 unspecified atom stereocenters. The summed E-state index contributed by atoms with van der Waals surface area (Å²) in [7, 11) is 0. The Balaban J connectivity index is 1.95. The Morgan fingerprint density at radius 3 is 3.23 bits per heavy atom. The highest BCUT2D eigenvalue weighted by Gasteiger charge is 2.10. The molecule has 0 bridgehead atoms. The Labute approximate surface area is 81.9 Å². The maximum Gasteiger partial charge on any atom is 0.191 e. The Kier molecular flexibility index (Phi) is 2.49. The van der Waals surface area contributed by atoms with Gasteiger partial charge in [-0.05, 0) is 18.4 Å². The maximum absolute atomic E-state index is 4.28. The van der Waals surface area contributed by atoms with Crippen molar-refractivity contribution >= 4 is 17.3 Å². The lowest BCUT2D eigenvalue weighted by Gasteiger charge is -2.13. The molecule has 0 fully saturated rings. The summed E-state index contributed by atoms with van der Waals surface area (Å²) in [5, 5.41) is 8.62. The van der Waals surface area contributed by atoms with E-state index < -0.39 is 0 Å². The highest BCUT2D eigenvalue weighted by atomic mass is 32.1. The third-order valence-corrected chi connectivity index (χ3v) is 3.05. The molecule has 0 aromatic carbocycles. The van der Waals surface area contributed by atoms with Crippen LogP contribution in [0, 0.1) is 0 Å². The van der Waals surface area contributed by atoms with Crippen LogP contribution in [0.15, 0.2) is 22.5 Å². The number of thiophene rings is 1. The zero-order valence-electron chi connectivity index (χ0n) is 7.58. The minimum atomic E-state index is 0.351. The first-order chi connectivity index (χ1) is 6.36. The third kappa shape index (κ3) is 2.01. The second-order valence-electron chi connectivity index (χ2n) is 3.04. The molecule has 0 spiro atoms. The van der Waals surface area contributed by atoms with Crippen LogP contribution in [0.3, 0.4) is 0 Å². The molecule has 0 radical (unpaired) electrons. The van der Waals surface area contributed by atoms with E-state index >= 15 is 0 Å². The summed E-state index contributed by atoms with van der Waals surface area (Å²) in [5.41, 5.74) is 0. The molecule has 1 atom stereocenters. The summed E-state index contributed by atoms with van der Waals surface area (Å²) in [6.45, 7) is 3.99. The van der Waals surface area contributed by atoms with E-state index in [9.17, 15) is 0 Å². The van der Waals surface area contributed by atoms with Crippen LogP contribution in [0.2, 0.25) is 0 Å². The second-order valence-corrected chi connectivity index (χ2v) is 4.02. The average Bonchev–Trinajstić information content (AvgIpc) is 2.74. The van der Waals surface area contributed by atoms with Crippen molar-refractivity contribution < 1.29 is 0 Å². The van der Waals surface area contributed by atoms with E-state index in [1.165, 1.54) is 4.88 Å². The number of guanidine groups is 1. The summed E-state index contributed by atoms with van der Waals surface area (Å²) in [5.74, 6) is 0.931. The molecule has 1 aliphatic rings. The Morgan fingerprint density at radius 1 is 1.69 bits per heavy atom. The lowest BCUT2D eigenvalue weighted by molar-refractivity contribution is 0.715. The number of nitrogens with one attached hydrogen (secondary N) is 2. The van der Waals surface area contributed by atoms with Gasteiger partial charge in [0.05, 0.1) is 12.6 Å². The van der Waals surface area contributed by atoms with Crippen LogP contribution in [0.4, 0.5) is 0 Å². The summed E-state index contributed by atoms with van der Waals surface area (Å²) in [4.78, 5) is 5.63. The number of hydrogen-bond acceptors (Lipinski definition) is 4. The molecule has 3 nitrogen and oxygen atoms in total. The van der Waals surface area contributed by atoms with Crippen LogP contribution in [0.1, 0.15) is 17.8 Å². The van der Waals surface area contributed by atoms with Crippen molar-refractivity contribution in [3.63, 3.8) is 0 Å². The highest BCUT2D eigenvalue weighted by molar-refractivity contribution is 7.10. The van der Waals surface area contributed by atoms with Crippen LogP contribution in [0.5, 0.6) is 0 Å². The summed E-state index contributed by atoms with van der Waals surface area (Å²) >= 11 is 1.77. The predicted molar refractivity (Wildman–Crippen MR) is 56.2 cm³/mol. The van der Waals surface area contributed by atoms with Gasteiger partial charge in [-0.25, -0.2) is 0 Å². The van der Waals surface area contributed by atoms with Crippen LogP contribution in [0.25, 0.3) is 0 Å². The lowest BCUT2D eigenvalue weighted by Crippen LogP contribution is -2.35. The topological polar surface area (TPSA) is 36.4 Å². The van der Waals surface area contributed by atoms with Gasteiger partial charge in [-0.3, -0.25) is 4.99 Å². The molecule has 1 aliphatic heterocycles. The van der Waals surface area contributed by atoms with E-state index in [-0.39, 0.29) is 0 Å². The van der Waals surface area contributed by atoms with Gasteiger partial charge < -0.3 is 10.6 Å². The molecule has 4 heteroatoms. The van der Waals surface area contributed by atoms with E-state index in [1.807, 2.05) is 0 Å². The molecule has 13 heavy (non-hydrogen) atoms. The molecule has 0 aliphatic carbocycles. The molecule has 2 heterocycles. The van der Waals surface area contributed by atoms with Crippen molar-refractivity contribution in [2.75, 3.05) is 13.1 Å². The molecule has 0 saturated carbocycles. The molecule has 1 aromatic heterocycles. The van der Waals surface area contributed by atoms with E-state index in [1.54, 1.807) is 11.3 Å².